The van der Waals surface area contributed by atoms with Crippen molar-refractivity contribution < 1.29 is 23.8 Å². The molecule has 0 spiro atoms. The summed E-state index contributed by atoms with van der Waals surface area (Å²) in [6, 6.07) is 4.48. The second-order valence-electron chi connectivity index (χ2n) is 7.21. The lowest BCUT2D eigenvalue weighted by molar-refractivity contribution is -0.137. The molecule has 3 aliphatic rings. The van der Waals surface area contributed by atoms with E-state index in [0.717, 1.165) is 11.4 Å². The van der Waals surface area contributed by atoms with Gasteiger partial charge in [-0.25, -0.2) is 9.79 Å². The molecular weight excluding hydrogens is 390 g/mol. The maximum absolute atomic E-state index is 13.2. The van der Waals surface area contributed by atoms with Gasteiger partial charge in [0, 0.05) is 32.1 Å². The van der Waals surface area contributed by atoms with Crippen LogP contribution in [0.5, 0.6) is 11.5 Å². The minimum atomic E-state index is -0.629. The van der Waals surface area contributed by atoms with Gasteiger partial charge in [0.05, 0.1) is 33.1 Å². The molecule has 1 aromatic rings. The van der Waals surface area contributed by atoms with E-state index < -0.39 is 12.2 Å². The van der Waals surface area contributed by atoms with E-state index in [1.807, 2.05) is 41.1 Å². The van der Waals surface area contributed by atoms with Crippen LogP contribution in [0.2, 0.25) is 0 Å². The highest BCUT2D eigenvalue weighted by molar-refractivity contribution is 6.10. The molecule has 10 nitrogen and oxygen atoms in total. The molecule has 2 unspecified atom stereocenters. The summed E-state index contributed by atoms with van der Waals surface area (Å²) in [5, 5.41) is 0. The number of ether oxygens (including phenoxy) is 3. The number of urea groups is 1. The summed E-state index contributed by atoms with van der Waals surface area (Å²) < 4.78 is 16.0. The van der Waals surface area contributed by atoms with E-state index in [1.54, 1.807) is 21.3 Å². The van der Waals surface area contributed by atoms with Crippen LogP contribution in [0.1, 0.15) is 6.92 Å². The van der Waals surface area contributed by atoms with Crippen molar-refractivity contribution >= 4 is 23.6 Å². The molecule has 1 saturated heterocycles. The molecule has 10 heteroatoms. The number of fused-ring (bicyclic) bond motifs is 3. The summed E-state index contributed by atoms with van der Waals surface area (Å²) in [6.07, 6.45) is 1.26. The number of anilines is 1. The van der Waals surface area contributed by atoms with Crippen molar-refractivity contribution in [1.29, 1.82) is 0 Å². The molecule has 3 amide bonds. The Morgan fingerprint density at radius 1 is 1.13 bits per heavy atom. The molecule has 0 saturated carbocycles. The van der Waals surface area contributed by atoms with Crippen molar-refractivity contribution in [2.75, 3.05) is 46.4 Å². The molecule has 3 aliphatic heterocycles. The number of aliphatic imine (C=N–C) groups is 1. The van der Waals surface area contributed by atoms with Crippen LogP contribution in [0.15, 0.2) is 35.1 Å². The van der Waals surface area contributed by atoms with Gasteiger partial charge in [-0.15, -0.1) is 0 Å². The molecule has 0 aliphatic carbocycles. The Labute approximate surface area is 174 Å². The molecule has 160 valence electrons. The number of benzene rings is 1. The Bertz CT molecular complexity index is 946. The van der Waals surface area contributed by atoms with E-state index >= 15 is 0 Å². The lowest BCUT2D eigenvalue weighted by Crippen LogP contribution is -2.64. The Balaban J connectivity index is 1.73. The first-order valence-corrected chi connectivity index (χ1v) is 9.56. The standard InChI is InChI=1S/C20H25N5O5/c1-12-11-24-16-17(22(2)20(27)23(18(16)26)8-9-28-3)21-19(24)25(12)14-10-13(29-4)6-7-15(14)30-5/h6-7,10-11,16-17H,8-9H2,1-5H3. The average molecular weight is 415 g/mol. The minimum Gasteiger partial charge on any atom is -0.497 e. The van der Waals surface area contributed by atoms with Gasteiger partial charge in [-0.3, -0.25) is 14.6 Å². The summed E-state index contributed by atoms with van der Waals surface area (Å²) >= 11 is 0. The van der Waals surface area contributed by atoms with E-state index in [1.165, 1.54) is 16.9 Å². The lowest BCUT2D eigenvalue weighted by Gasteiger charge is -2.40. The number of guanidine groups is 1. The molecule has 1 aromatic carbocycles. The number of likely N-dealkylation sites (N-methyl/N-ethyl adjacent to an activating group) is 1. The van der Waals surface area contributed by atoms with Crippen LogP contribution < -0.4 is 14.4 Å². The van der Waals surface area contributed by atoms with Gasteiger partial charge in [-0.2, -0.15) is 0 Å². The lowest BCUT2D eigenvalue weighted by atomic mass is 10.1. The van der Waals surface area contributed by atoms with Gasteiger partial charge in [0.25, 0.3) is 5.91 Å². The summed E-state index contributed by atoms with van der Waals surface area (Å²) in [5.41, 5.74) is 1.61. The second kappa shape index (κ2) is 7.52. The molecular formula is C20H25N5O5. The van der Waals surface area contributed by atoms with Crippen LogP contribution in [0, 0.1) is 0 Å². The average Bonchev–Trinajstić information content (AvgIpc) is 3.26. The summed E-state index contributed by atoms with van der Waals surface area (Å²) in [6.45, 7) is 2.40. The predicted octanol–water partition coefficient (Wildman–Crippen LogP) is 1.29. The van der Waals surface area contributed by atoms with Crippen LogP contribution >= 0.6 is 0 Å². The monoisotopic (exact) mass is 415 g/mol. The van der Waals surface area contributed by atoms with Crippen LogP contribution in [0.25, 0.3) is 0 Å². The molecule has 1 fully saturated rings. The zero-order valence-electron chi connectivity index (χ0n) is 17.7. The molecule has 0 aromatic heterocycles. The Hall–Kier alpha value is -3.27. The first-order valence-electron chi connectivity index (χ1n) is 9.56. The van der Waals surface area contributed by atoms with E-state index in [-0.39, 0.29) is 25.1 Å². The number of allylic oxidation sites excluding steroid dienone is 1. The van der Waals surface area contributed by atoms with Crippen LogP contribution in [0.3, 0.4) is 0 Å². The van der Waals surface area contributed by atoms with Gasteiger partial charge in [0.1, 0.15) is 11.5 Å². The third-order valence-corrected chi connectivity index (χ3v) is 5.53. The molecule has 0 radical (unpaired) electrons. The summed E-state index contributed by atoms with van der Waals surface area (Å²) in [7, 11) is 6.39. The molecule has 30 heavy (non-hydrogen) atoms. The van der Waals surface area contributed by atoms with Crippen LogP contribution in [-0.4, -0.2) is 86.3 Å². The van der Waals surface area contributed by atoms with Crippen LogP contribution in [-0.2, 0) is 9.53 Å². The van der Waals surface area contributed by atoms with Gasteiger partial charge in [-0.1, -0.05) is 0 Å². The Morgan fingerprint density at radius 3 is 2.57 bits per heavy atom. The number of hydrogen-bond donors (Lipinski definition) is 0. The predicted molar refractivity (Wildman–Crippen MR) is 109 cm³/mol. The van der Waals surface area contributed by atoms with Gasteiger partial charge < -0.3 is 24.0 Å². The smallest absolute Gasteiger partial charge is 0.328 e. The first-order chi connectivity index (χ1) is 14.4. The molecule has 0 N–H and O–H groups in total. The summed E-state index contributed by atoms with van der Waals surface area (Å²) in [5.74, 6) is 1.58. The third kappa shape index (κ3) is 2.86. The van der Waals surface area contributed by atoms with E-state index in [2.05, 4.69) is 0 Å². The maximum atomic E-state index is 13.2. The van der Waals surface area contributed by atoms with Gasteiger partial charge in [-0.05, 0) is 19.1 Å². The molecule has 4 rings (SSSR count). The second-order valence-corrected chi connectivity index (χ2v) is 7.21. The Morgan fingerprint density at radius 2 is 1.90 bits per heavy atom. The number of amides is 3. The van der Waals surface area contributed by atoms with Crippen molar-refractivity contribution in [3.63, 3.8) is 0 Å². The zero-order chi connectivity index (χ0) is 21.6. The highest BCUT2D eigenvalue weighted by Crippen LogP contribution is 2.41. The van der Waals surface area contributed by atoms with Crippen molar-refractivity contribution in [3.8, 4) is 11.5 Å². The SMILES string of the molecule is COCCN1C(=O)C2C(N=C3N(c4cc(OC)ccc4OC)C(C)=CN32)N(C)C1=O. The van der Waals surface area contributed by atoms with Gasteiger partial charge in [0.15, 0.2) is 12.2 Å². The number of hydrogen-bond acceptors (Lipinski definition) is 8. The largest absolute Gasteiger partial charge is 0.497 e. The Kier molecular flexibility index (Phi) is 5.02. The van der Waals surface area contributed by atoms with Crippen LogP contribution in [0.4, 0.5) is 10.5 Å². The highest BCUT2D eigenvalue weighted by Gasteiger charge is 2.54. The van der Waals surface area contributed by atoms with Crippen molar-refractivity contribution in [1.82, 2.24) is 14.7 Å². The summed E-state index contributed by atoms with van der Waals surface area (Å²) in [4.78, 5) is 37.1. The van der Waals surface area contributed by atoms with Crippen molar-refractivity contribution in [2.24, 2.45) is 4.99 Å². The number of carbonyl (C=O) groups is 2. The maximum Gasteiger partial charge on any atom is 0.328 e. The van der Waals surface area contributed by atoms with Gasteiger partial charge >= 0.3 is 6.03 Å². The normalized spacial score (nSPS) is 22.8. The minimum absolute atomic E-state index is 0.195. The number of methoxy groups -OCH3 is 3. The van der Waals surface area contributed by atoms with E-state index in [0.29, 0.717) is 17.5 Å². The first kappa shape index (κ1) is 20.0. The zero-order valence-corrected chi connectivity index (χ0v) is 17.7. The number of nitrogens with zero attached hydrogens (tertiary/aromatic N) is 5. The number of imide groups is 1. The fourth-order valence-electron chi connectivity index (χ4n) is 4.01. The van der Waals surface area contributed by atoms with E-state index in [4.69, 9.17) is 19.2 Å². The van der Waals surface area contributed by atoms with Crippen molar-refractivity contribution in [3.05, 3.63) is 30.1 Å². The van der Waals surface area contributed by atoms with Crippen molar-refractivity contribution in [2.45, 2.75) is 19.1 Å². The topological polar surface area (TPSA) is 87.2 Å². The number of rotatable bonds is 6. The molecule has 0 bridgehead atoms. The third-order valence-electron chi connectivity index (χ3n) is 5.53. The number of carbonyl (C=O) groups excluding carboxylic acids is 2. The molecule has 2 atom stereocenters. The fraction of sp³-hybridized carbons (Fsp3) is 0.450. The highest BCUT2D eigenvalue weighted by atomic mass is 16.5. The van der Waals surface area contributed by atoms with Gasteiger partial charge in [0.2, 0.25) is 5.96 Å². The fourth-order valence-corrected chi connectivity index (χ4v) is 4.01. The molecule has 3 heterocycles. The van der Waals surface area contributed by atoms with E-state index in [9.17, 15) is 9.59 Å². The quantitative estimate of drug-likeness (QED) is 0.692.